The fourth-order valence-electron chi connectivity index (χ4n) is 1.29. The first-order valence-corrected chi connectivity index (χ1v) is 5.28. The van der Waals surface area contributed by atoms with Gasteiger partial charge in [-0.05, 0) is 32.4 Å². The maximum atomic E-state index is 11.9. The number of nitrogens with one attached hydrogen (secondary N) is 1. The van der Waals surface area contributed by atoms with Crippen molar-refractivity contribution in [1.82, 2.24) is 0 Å². The highest BCUT2D eigenvalue weighted by Gasteiger charge is 2.27. The van der Waals surface area contributed by atoms with Crippen molar-refractivity contribution in [2.75, 3.05) is 12.4 Å². The van der Waals surface area contributed by atoms with E-state index in [9.17, 15) is 4.79 Å². The minimum Gasteiger partial charge on any atom is -0.369 e. The Hall–Kier alpha value is -1.86. The van der Waals surface area contributed by atoms with Crippen molar-refractivity contribution < 1.29 is 9.53 Å². The zero-order chi connectivity index (χ0) is 13.1. The predicted molar refractivity (Wildman–Crippen MR) is 65.6 cm³/mol. The highest BCUT2D eigenvalue weighted by Crippen LogP contribution is 2.20. The molecule has 0 aliphatic rings. The third-order valence-corrected chi connectivity index (χ3v) is 2.69. The fraction of sp³-hybridized carbons (Fsp3) is 0.385. The van der Waals surface area contributed by atoms with E-state index in [0.717, 1.165) is 5.56 Å². The summed E-state index contributed by atoms with van der Waals surface area (Å²) in [5.74, 6) is -0.276. The van der Waals surface area contributed by atoms with Crippen LogP contribution in [0.5, 0.6) is 0 Å². The number of anilines is 1. The molecule has 0 fully saturated rings. The Labute approximate surface area is 101 Å². The van der Waals surface area contributed by atoms with Gasteiger partial charge in [0.2, 0.25) is 0 Å². The van der Waals surface area contributed by atoms with E-state index in [0.29, 0.717) is 11.3 Å². The lowest BCUT2D eigenvalue weighted by Gasteiger charge is -2.22. The molecule has 1 aromatic rings. The maximum absolute atomic E-state index is 11.9. The summed E-state index contributed by atoms with van der Waals surface area (Å²) < 4.78 is 5.08. The maximum Gasteiger partial charge on any atom is 0.256 e. The van der Waals surface area contributed by atoms with Gasteiger partial charge in [-0.2, -0.15) is 5.26 Å². The third kappa shape index (κ3) is 2.83. The highest BCUT2D eigenvalue weighted by atomic mass is 16.5. The molecule has 0 atom stereocenters. The molecule has 0 bridgehead atoms. The Kier molecular flexibility index (Phi) is 3.87. The Morgan fingerprint density at radius 2 is 2.12 bits per heavy atom. The number of nitrogens with zero attached hydrogens (tertiary/aromatic N) is 1. The molecule has 90 valence electrons. The molecule has 0 saturated heterocycles. The second-order valence-corrected chi connectivity index (χ2v) is 4.28. The quantitative estimate of drug-likeness (QED) is 0.869. The summed E-state index contributed by atoms with van der Waals surface area (Å²) in [5, 5.41) is 11.7. The molecule has 1 aromatic carbocycles. The van der Waals surface area contributed by atoms with Crippen LogP contribution in [0.1, 0.15) is 25.0 Å². The van der Waals surface area contributed by atoms with Gasteiger partial charge in [-0.1, -0.05) is 12.1 Å². The van der Waals surface area contributed by atoms with Crippen molar-refractivity contribution in [1.29, 1.82) is 5.26 Å². The van der Waals surface area contributed by atoms with Crippen LogP contribution >= 0.6 is 0 Å². The molecule has 0 aliphatic heterocycles. The first-order valence-electron chi connectivity index (χ1n) is 5.28. The van der Waals surface area contributed by atoms with Gasteiger partial charge in [0.05, 0.1) is 11.3 Å². The molecule has 0 aromatic heterocycles. The van der Waals surface area contributed by atoms with Crippen LogP contribution in [0.15, 0.2) is 18.2 Å². The van der Waals surface area contributed by atoms with Crippen LogP contribution in [0.3, 0.4) is 0 Å². The fourth-order valence-corrected chi connectivity index (χ4v) is 1.29. The van der Waals surface area contributed by atoms with E-state index in [2.05, 4.69) is 11.4 Å². The number of nitriles is 1. The van der Waals surface area contributed by atoms with Crippen LogP contribution in [0, 0.1) is 18.3 Å². The number of hydrogen-bond acceptors (Lipinski definition) is 3. The monoisotopic (exact) mass is 232 g/mol. The zero-order valence-electron chi connectivity index (χ0n) is 10.5. The lowest BCUT2D eigenvalue weighted by atomic mass is 10.1. The molecule has 0 aliphatic carbocycles. The van der Waals surface area contributed by atoms with E-state index in [4.69, 9.17) is 10.00 Å². The first-order chi connectivity index (χ1) is 7.92. The summed E-state index contributed by atoms with van der Waals surface area (Å²) in [5.41, 5.74) is 0.909. The summed E-state index contributed by atoms with van der Waals surface area (Å²) in [4.78, 5) is 11.9. The normalized spacial score (nSPS) is 10.8. The molecule has 0 radical (unpaired) electrons. The molecular formula is C13H16N2O2. The van der Waals surface area contributed by atoms with E-state index in [1.54, 1.807) is 26.0 Å². The van der Waals surface area contributed by atoms with Crippen LogP contribution in [0.4, 0.5) is 5.69 Å². The Morgan fingerprint density at radius 3 is 2.65 bits per heavy atom. The van der Waals surface area contributed by atoms with Crippen LogP contribution in [0.25, 0.3) is 0 Å². The number of carbonyl (C=O) groups excluding carboxylic acids is 1. The Bertz CT molecular complexity index is 473. The molecule has 1 amide bonds. The number of amides is 1. The van der Waals surface area contributed by atoms with Gasteiger partial charge in [-0.3, -0.25) is 4.79 Å². The largest absolute Gasteiger partial charge is 0.369 e. The van der Waals surface area contributed by atoms with E-state index in [1.165, 1.54) is 7.11 Å². The lowest BCUT2D eigenvalue weighted by Crippen LogP contribution is -2.39. The van der Waals surface area contributed by atoms with Crippen LogP contribution in [-0.2, 0) is 9.53 Å². The summed E-state index contributed by atoms with van der Waals surface area (Å²) in [7, 11) is 1.47. The summed E-state index contributed by atoms with van der Waals surface area (Å²) >= 11 is 0. The smallest absolute Gasteiger partial charge is 0.256 e. The van der Waals surface area contributed by atoms with Gasteiger partial charge in [0.15, 0.2) is 0 Å². The number of methoxy groups -OCH3 is 1. The van der Waals surface area contributed by atoms with Gasteiger partial charge >= 0.3 is 0 Å². The Morgan fingerprint density at radius 1 is 1.47 bits per heavy atom. The van der Waals surface area contributed by atoms with Crippen molar-refractivity contribution in [3.05, 3.63) is 29.3 Å². The first kappa shape index (κ1) is 13.2. The molecule has 0 unspecified atom stereocenters. The number of benzene rings is 1. The number of ether oxygens (including phenoxy) is 1. The molecular weight excluding hydrogens is 216 g/mol. The van der Waals surface area contributed by atoms with Crippen LogP contribution in [-0.4, -0.2) is 18.6 Å². The molecule has 0 saturated carbocycles. The molecule has 0 heterocycles. The number of hydrogen-bond donors (Lipinski definition) is 1. The number of carbonyl (C=O) groups is 1. The molecule has 0 spiro atoms. The van der Waals surface area contributed by atoms with Crippen molar-refractivity contribution in [3.63, 3.8) is 0 Å². The number of rotatable bonds is 3. The van der Waals surface area contributed by atoms with E-state index >= 15 is 0 Å². The van der Waals surface area contributed by atoms with Crippen molar-refractivity contribution in [2.24, 2.45) is 0 Å². The second kappa shape index (κ2) is 4.98. The van der Waals surface area contributed by atoms with Crippen molar-refractivity contribution in [2.45, 2.75) is 26.4 Å². The standard InChI is InChI=1S/C13H16N2O2/c1-9-6-5-7-11(10(9)8-14)15-12(16)13(2,3)17-4/h5-7H,1-4H3,(H,15,16). The zero-order valence-corrected chi connectivity index (χ0v) is 10.5. The van der Waals surface area contributed by atoms with E-state index in [1.807, 2.05) is 13.0 Å². The minimum absolute atomic E-state index is 0.276. The van der Waals surface area contributed by atoms with E-state index in [-0.39, 0.29) is 5.91 Å². The van der Waals surface area contributed by atoms with Crippen molar-refractivity contribution >= 4 is 11.6 Å². The SMILES string of the molecule is COC(C)(C)C(=O)Nc1cccc(C)c1C#N. The van der Waals surface area contributed by atoms with Crippen molar-refractivity contribution in [3.8, 4) is 6.07 Å². The second-order valence-electron chi connectivity index (χ2n) is 4.28. The minimum atomic E-state index is -0.920. The summed E-state index contributed by atoms with van der Waals surface area (Å²) in [6.07, 6.45) is 0. The summed E-state index contributed by atoms with van der Waals surface area (Å²) in [6, 6.07) is 7.41. The lowest BCUT2D eigenvalue weighted by molar-refractivity contribution is -0.133. The average molecular weight is 232 g/mol. The molecule has 1 rings (SSSR count). The van der Waals surface area contributed by atoms with Gasteiger partial charge < -0.3 is 10.1 Å². The highest BCUT2D eigenvalue weighted by molar-refractivity contribution is 5.97. The van der Waals surface area contributed by atoms with Gasteiger partial charge in [0.25, 0.3) is 5.91 Å². The van der Waals surface area contributed by atoms with Gasteiger partial charge in [-0.15, -0.1) is 0 Å². The van der Waals surface area contributed by atoms with E-state index < -0.39 is 5.60 Å². The predicted octanol–water partition coefficient (Wildman–Crippen LogP) is 2.23. The van der Waals surface area contributed by atoms with Crippen LogP contribution in [0.2, 0.25) is 0 Å². The molecule has 4 nitrogen and oxygen atoms in total. The summed E-state index contributed by atoms with van der Waals surface area (Å²) in [6.45, 7) is 5.17. The Balaban J connectivity index is 3.02. The molecule has 4 heteroatoms. The number of aryl methyl sites for hydroxylation is 1. The van der Waals surface area contributed by atoms with Gasteiger partial charge in [0, 0.05) is 7.11 Å². The van der Waals surface area contributed by atoms with Gasteiger partial charge in [-0.25, -0.2) is 0 Å². The van der Waals surface area contributed by atoms with Crippen LogP contribution < -0.4 is 5.32 Å². The van der Waals surface area contributed by atoms with Gasteiger partial charge in [0.1, 0.15) is 11.7 Å². The molecule has 17 heavy (non-hydrogen) atoms. The molecule has 1 N–H and O–H groups in total. The third-order valence-electron chi connectivity index (χ3n) is 2.69. The topological polar surface area (TPSA) is 62.1 Å². The average Bonchev–Trinajstić information content (AvgIpc) is 2.29.